The van der Waals surface area contributed by atoms with Crippen molar-refractivity contribution in [1.82, 2.24) is 0 Å². The van der Waals surface area contributed by atoms with E-state index >= 15 is 0 Å². The van der Waals surface area contributed by atoms with Crippen LogP contribution in [0.1, 0.15) is 71.1 Å². The van der Waals surface area contributed by atoms with E-state index in [1.807, 2.05) is 48.5 Å². The van der Waals surface area contributed by atoms with Crippen LogP contribution in [0, 0.1) is 69.8 Å². The van der Waals surface area contributed by atoms with Crippen molar-refractivity contribution in [1.29, 1.82) is 0 Å². The minimum atomic E-state index is -8.29. The molecule has 0 saturated heterocycles. The molecular weight excluding hydrogens is 1980 g/mol. The molecule has 0 aliphatic rings. The van der Waals surface area contributed by atoms with Crippen molar-refractivity contribution < 1.29 is 212 Å². The third-order valence-corrected chi connectivity index (χ3v) is 22.4. The van der Waals surface area contributed by atoms with E-state index in [9.17, 15) is 188 Å². The Labute approximate surface area is 729 Å². The Bertz CT molecular complexity index is 5840. The molecule has 18 nitrogen and oxygen atoms in total. The van der Waals surface area contributed by atoms with Gasteiger partial charge in [-0.05, 0) is 120 Å². The average molecular weight is 2030 g/mol. The smallest absolute Gasteiger partial charge is 0.471 e. The van der Waals surface area contributed by atoms with E-state index < -0.39 is 230 Å². The van der Waals surface area contributed by atoms with Gasteiger partial charge in [0.1, 0.15) is 78.2 Å². The molecule has 54 heteroatoms. The third kappa shape index (κ3) is 26.4. The van der Waals surface area contributed by atoms with Crippen molar-refractivity contribution in [3.8, 4) is 28.7 Å². The van der Waals surface area contributed by atoms with Gasteiger partial charge < -0.3 is 41.9 Å². The monoisotopic (exact) mass is 2030 g/mol. The lowest BCUT2D eigenvalue weighted by Gasteiger charge is -2.40. The first kappa shape index (κ1) is 111. The summed E-state index contributed by atoms with van der Waals surface area (Å²) in [4.78, 5) is -0.358. The number of carbonyl (C=O) groups is 1. The van der Waals surface area contributed by atoms with Gasteiger partial charge in [-0.3, -0.25) is 4.79 Å². The van der Waals surface area contributed by atoms with Gasteiger partial charge in [-0.1, -0.05) is 124 Å². The van der Waals surface area contributed by atoms with Crippen molar-refractivity contribution in [2.24, 2.45) is 0 Å². The Balaban J connectivity index is 0.000000315. The fraction of sp³-hybridized carbons (Fsp3) is 0.260. The number of ether oxygens (including phenoxy) is 5. The first-order valence-electron chi connectivity index (χ1n) is 34.9. The Morgan fingerprint density at radius 3 is 1.00 bits per heavy atom. The van der Waals surface area contributed by atoms with Crippen LogP contribution in [-0.4, -0.2) is 143 Å². The number of halogens is 30. The van der Waals surface area contributed by atoms with Gasteiger partial charge in [0, 0.05) is 12.0 Å². The Morgan fingerprint density at radius 2 is 0.649 bits per heavy atom. The number of Topliss-reactive ketones (excluding diaryl/α,β-unsaturated/α-hetero) is 1. The molecule has 0 fully saturated rings. The number of carbonyl (C=O) groups excluding carboxylic acids is 1. The number of unbranched alkanes of at least 4 members (excludes halogenated alkanes) is 3. The number of ketones is 1. The normalized spacial score (nSPS) is 12.7. The van der Waals surface area contributed by atoms with Crippen LogP contribution in [0.25, 0.3) is 24.3 Å². The SMILES string of the molecule is C=Cc1ccc(OC(F)(F)C(F)(F)C(F)(F)C(F)(F)C(F)(F)C(F)(F)Sc2c(F)c(F)c(S(=O)(=O)[O-])c(F)c2F)cc1.C=Cc1ccc(OCC(F)(F)C(F)(F)C(F)(F)COc2c(F)c(F)c(S(=O)(=O)[O-])c(F)c2F)cc1.C=Cc1ccc(OCCCC(=O)c2ccc(S(=O)(=O)[O-])cc2)cc1.C=Cc1ccc(OCCCCCCSc2c(F)c(F)c(S(=O)(=O)[O-])c(F)c2F)cc1. The molecule has 131 heavy (non-hydrogen) atoms. The number of benzene rings is 8. The van der Waals surface area contributed by atoms with Crippen molar-refractivity contribution in [3.05, 3.63) is 245 Å². The number of rotatable bonds is 40. The van der Waals surface area contributed by atoms with Crippen LogP contribution >= 0.6 is 23.5 Å². The summed E-state index contributed by atoms with van der Waals surface area (Å²) in [5.74, 6) is -86.4. The van der Waals surface area contributed by atoms with E-state index in [0.717, 1.165) is 77.9 Å². The average Bonchev–Trinajstić information content (AvgIpc) is 0.702. The zero-order chi connectivity index (χ0) is 99.9. The summed E-state index contributed by atoms with van der Waals surface area (Å²) >= 11 is -2.26. The molecule has 0 spiro atoms. The summed E-state index contributed by atoms with van der Waals surface area (Å²) in [5.41, 5.74) is 2.91. The van der Waals surface area contributed by atoms with Gasteiger partial charge in [0.15, 0.2) is 82.9 Å². The van der Waals surface area contributed by atoms with Gasteiger partial charge in [0.05, 0.1) is 27.9 Å². The van der Waals surface area contributed by atoms with Crippen LogP contribution in [0.3, 0.4) is 0 Å². The van der Waals surface area contributed by atoms with Crippen molar-refractivity contribution in [3.63, 3.8) is 0 Å². The minimum absolute atomic E-state index is 0.0746. The van der Waals surface area contributed by atoms with Crippen LogP contribution in [-0.2, 0) is 40.5 Å². The van der Waals surface area contributed by atoms with Crippen LogP contribution in [0.2, 0.25) is 0 Å². The number of hydrogen-bond donors (Lipinski definition) is 0. The largest absolute Gasteiger partial charge is 0.744 e. The molecule has 0 aliphatic carbocycles. The zero-order valence-electron chi connectivity index (χ0n) is 64.6. The minimum Gasteiger partial charge on any atom is -0.744 e. The van der Waals surface area contributed by atoms with Crippen molar-refractivity contribution >= 4 is 94.1 Å². The van der Waals surface area contributed by atoms with Crippen LogP contribution in [0.4, 0.5) is 132 Å². The van der Waals surface area contributed by atoms with Crippen molar-refractivity contribution in [2.75, 3.05) is 32.2 Å². The Morgan fingerprint density at radius 1 is 0.336 bits per heavy atom. The summed E-state index contributed by atoms with van der Waals surface area (Å²) in [7, 11) is -22.9. The Hall–Kier alpha value is -10.4. The second-order valence-electron chi connectivity index (χ2n) is 25.8. The van der Waals surface area contributed by atoms with E-state index in [-0.39, 0.29) is 28.4 Å². The maximum atomic E-state index is 14.1. The molecule has 0 bridgehead atoms. The molecule has 0 saturated carbocycles. The maximum Gasteiger partial charge on any atom is 0.471 e. The van der Waals surface area contributed by atoms with Gasteiger partial charge in [-0.15, -0.1) is 11.8 Å². The quantitative estimate of drug-likeness (QED) is 0.00860. The zero-order valence-corrected chi connectivity index (χ0v) is 69.5. The highest BCUT2D eigenvalue weighted by molar-refractivity contribution is 8.00. The van der Waals surface area contributed by atoms with Gasteiger partial charge in [-0.25, -0.2) is 77.6 Å². The molecule has 0 heterocycles. The summed E-state index contributed by atoms with van der Waals surface area (Å²) in [6, 6.07) is 26.7. The highest BCUT2D eigenvalue weighted by atomic mass is 32.2. The molecule has 0 radical (unpaired) electrons. The van der Waals surface area contributed by atoms with Crippen LogP contribution < -0.4 is 23.7 Å². The molecular formula is C77H54F30O18S6-4. The third-order valence-electron chi connectivity index (χ3n) is 16.7. The number of thioether (sulfide) groups is 2. The lowest BCUT2D eigenvalue weighted by molar-refractivity contribution is -0.440. The van der Waals surface area contributed by atoms with E-state index in [1.54, 1.807) is 12.2 Å². The van der Waals surface area contributed by atoms with Crippen LogP contribution in [0.15, 0.2) is 177 Å². The van der Waals surface area contributed by atoms with Crippen molar-refractivity contribution in [2.45, 2.75) is 121 Å². The number of hydrogen-bond acceptors (Lipinski definition) is 20. The predicted octanol–water partition coefficient (Wildman–Crippen LogP) is 21.6. The lowest BCUT2D eigenvalue weighted by atomic mass is 9.97. The molecule has 0 N–H and O–H groups in total. The molecule has 0 aromatic heterocycles. The fourth-order valence-electron chi connectivity index (χ4n) is 9.79. The Kier molecular flexibility index (Phi) is 36.9. The second kappa shape index (κ2) is 43.5. The molecule has 8 aromatic rings. The van der Waals surface area contributed by atoms with E-state index in [4.69, 9.17) is 9.47 Å². The van der Waals surface area contributed by atoms with Gasteiger partial charge in [0.2, 0.25) is 11.6 Å². The van der Waals surface area contributed by atoms with Gasteiger partial charge >= 0.3 is 52.8 Å². The van der Waals surface area contributed by atoms with Crippen LogP contribution in [0.5, 0.6) is 28.7 Å². The first-order chi connectivity index (χ1) is 60.1. The summed E-state index contributed by atoms with van der Waals surface area (Å²) < 4.78 is 569. The summed E-state index contributed by atoms with van der Waals surface area (Å²) in [5, 5.41) is -7.23. The van der Waals surface area contributed by atoms with E-state index in [0.29, 0.717) is 67.5 Å². The highest BCUT2D eigenvalue weighted by Gasteiger charge is 2.91. The molecule has 8 rings (SSSR count). The molecule has 0 atom stereocenters. The fourth-order valence-corrected chi connectivity index (χ4v) is 14.0. The second-order valence-corrected chi connectivity index (χ2v) is 33.3. The maximum absolute atomic E-state index is 14.1. The summed E-state index contributed by atoms with van der Waals surface area (Å²) in [6.07, 6.45) is 2.48. The predicted molar refractivity (Wildman–Crippen MR) is 399 cm³/mol. The first-order valence-corrected chi connectivity index (χ1v) is 42.4. The van der Waals surface area contributed by atoms with Gasteiger partial charge in [-0.2, -0.15) is 87.8 Å². The lowest BCUT2D eigenvalue weighted by Crippen LogP contribution is -2.71. The standard InChI is InChI=1S/C20H8F16O4S2.C20H20F4O4S2.C19H12F10O5S.C18H18O5S/c1-2-7-3-5-8(6-4-7)40-19(33,34)17(29,30)15(25,26)16(27,28)18(31,32)20(35,36)41-13-9(21)11(23)14(42(37,38)39)12(24)10(13)22;1-2-13-7-9-14(10-8-13)28-11-5-3-4-6-12-29-19-15(21)17(23)20(30(25,26)27)18(24)16(19)22;1-2-9-3-5-10(6-4-9)33-7-17(24,25)19(28,29)18(26,27)8-34-15-11(20)13(22)16(35(30,31)32)14(23)12(15)21;1-2-14-5-9-16(10-6-14)23-13-3-4-18(19)15-7-11-17(12-8-15)24(20,21)22/h2-6H,1H2,(H,37,38,39);2,7-10H,1,3-6,11-12H2,(H,25,26,27);2-6H,1,7-8H2,(H,30,31,32);2,5-12H,1,3-4,13H2,(H,20,21,22)/p-4. The summed E-state index contributed by atoms with van der Waals surface area (Å²) in [6.45, 7) is 9.56. The van der Waals surface area contributed by atoms with Gasteiger partial charge in [0.25, 0.3) is 0 Å². The molecule has 720 valence electrons. The molecule has 0 unspecified atom stereocenters. The van der Waals surface area contributed by atoms with E-state index in [2.05, 4.69) is 40.5 Å². The molecule has 0 aliphatic heterocycles. The highest BCUT2D eigenvalue weighted by Crippen LogP contribution is 2.63. The molecule has 0 amide bonds. The topological polar surface area (TPSA) is 292 Å². The number of alkyl halides is 18. The van der Waals surface area contributed by atoms with E-state index in [1.165, 1.54) is 30.3 Å². The molecule has 8 aromatic carbocycles.